The fourth-order valence-electron chi connectivity index (χ4n) is 3.22. The minimum atomic E-state index is -3.49. The first-order valence-corrected chi connectivity index (χ1v) is 12.7. The highest BCUT2D eigenvalue weighted by Crippen LogP contribution is 2.31. The second kappa shape index (κ2) is 9.64. The predicted molar refractivity (Wildman–Crippen MR) is 132 cm³/mol. The summed E-state index contributed by atoms with van der Waals surface area (Å²) in [4.78, 5) is 6.59. The molecule has 0 amide bonds. The molecule has 0 atom stereocenters. The Morgan fingerprint density at radius 2 is 1.35 bits per heavy atom. The summed E-state index contributed by atoms with van der Waals surface area (Å²) < 4.78 is 26.6. The molecule has 1 fully saturated rings. The lowest BCUT2D eigenvalue weighted by Gasteiger charge is -2.24. The van der Waals surface area contributed by atoms with Crippen LogP contribution < -0.4 is 4.31 Å². The first kappa shape index (κ1) is 21.5. The molecule has 3 aromatic carbocycles. The predicted octanol–water partition coefficient (Wildman–Crippen LogP) is 4.87. The molecule has 5 nitrogen and oxygen atoms in total. The average molecular weight is 468 g/mol. The number of rotatable bonds is 5. The number of benzene rings is 3. The molecule has 0 radical (unpaired) electrons. The number of para-hydroxylation sites is 1. The summed E-state index contributed by atoms with van der Waals surface area (Å²) in [5.41, 5.74) is 2.77. The molecule has 0 aromatic heterocycles. The molecule has 1 aliphatic rings. The van der Waals surface area contributed by atoms with E-state index in [9.17, 15) is 8.42 Å². The second-order valence-electron chi connectivity index (χ2n) is 6.98. The molecule has 1 aliphatic heterocycles. The first-order valence-electron chi connectivity index (χ1n) is 9.69. The van der Waals surface area contributed by atoms with Crippen molar-refractivity contribution < 1.29 is 8.42 Å². The summed E-state index contributed by atoms with van der Waals surface area (Å²) in [6.07, 6.45) is 0. The molecule has 158 valence electrons. The van der Waals surface area contributed by atoms with Gasteiger partial charge in [-0.3, -0.25) is 0 Å². The normalized spacial score (nSPS) is 16.4. The number of anilines is 1. The molecule has 3 aromatic rings. The summed E-state index contributed by atoms with van der Waals surface area (Å²) >= 11 is 6.88. The summed E-state index contributed by atoms with van der Waals surface area (Å²) in [5, 5.41) is 0.677. The van der Waals surface area contributed by atoms with Crippen LogP contribution in [0.2, 0.25) is 0 Å². The Bertz CT molecular complexity index is 1130. The number of nitrogens with zero attached hydrogens (tertiary/aromatic N) is 3. The van der Waals surface area contributed by atoms with E-state index < -0.39 is 10.0 Å². The van der Waals surface area contributed by atoms with Gasteiger partial charge in [-0.2, -0.15) is 4.99 Å². The van der Waals surface area contributed by atoms with Crippen molar-refractivity contribution in [3.05, 3.63) is 102 Å². The second-order valence-corrected chi connectivity index (χ2v) is 10.5. The van der Waals surface area contributed by atoms with Gasteiger partial charge in [0.1, 0.15) is 5.08 Å². The fraction of sp³-hybridized carbons (Fsp3) is 0.130. The van der Waals surface area contributed by atoms with Crippen LogP contribution in [-0.4, -0.2) is 28.7 Å². The van der Waals surface area contributed by atoms with Crippen LogP contribution in [0, 0.1) is 0 Å². The number of thioether (sulfide) groups is 1. The molecule has 8 heteroatoms. The first-order chi connectivity index (χ1) is 15.0. The van der Waals surface area contributed by atoms with Gasteiger partial charge in [-0.1, -0.05) is 90.6 Å². The van der Waals surface area contributed by atoms with Gasteiger partial charge in [-0.05, 0) is 35.5 Å². The molecular weight excluding hydrogens is 446 g/mol. The van der Waals surface area contributed by atoms with Crippen LogP contribution in [0.25, 0.3) is 0 Å². The molecule has 4 rings (SSSR count). The third kappa shape index (κ3) is 5.33. The van der Waals surface area contributed by atoms with Crippen molar-refractivity contribution in [3.63, 3.8) is 0 Å². The molecule has 0 N–H and O–H groups in total. The van der Waals surface area contributed by atoms with Gasteiger partial charge in [0.05, 0.1) is 5.69 Å². The van der Waals surface area contributed by atoms with Gasteiger partial charge in [0, 0.05) is 13.1 Å². The van der Waals surface area contributed by atoms with Crippen LogP contribution in [0.15, 0.2) is 96.0 Å². The third-order valence-electron chi connectivity index (χ3n) is 4.67. The van der Waals surface area contributed by atoms with Gasteiger partial charge >= 0.3 is 0 Å². The highest BCUT2D eigenvalue weighted by Gasteiger charge is 2.36. The largest absolute Gasteiger partial charge is 0.339 e. The standard InChI is InChI=1S/C23H21N3O2S3/c27-31(28)18-30-23(26(31)21-14-8-3-9-15-21)24-22(29)25(16-19-10-4-1-5-11-19)17-20-12-6-2-7-13-20/h1-15H,16-18H2/b24-23-. The molecule has 0 saturated carbocycles. The quantitative estimate of drug-likeness (QED) is 0.501. The van der Waals surface area contributed by atoms with Gasteiger partial charge in [0.15, 0.2) is 10.3 Å². The summed E-state index contributed by atoms with van der Waals surface area (Å²) in [6, 6.07) is 29.0. The Hall–Kier alpha value is -2.68. The Kier molecular flexibility index (Phi) is 6.70. The maximum Gasteiger partial charge on any atom is 0.250 e. The summed E-state index contributed by atoms with van der Waals surface area (Å²) in [5.74, 6) is 0. The van der Waals surface area contributed by atoms with Crippen molar-refractivity contribution in [2.24, 2.45) is 4.99 Å². The number of amidine groups is 1. The zero-order chi connectivity index (χ0) is 21.7. The van der Waals surface area contributed by atoms with Crippen LogP contribution in [0.3, 0.4) is 0 Å². The highest BCUT2D eigenvalue weighted by atomic mass is 32.3. The van der Waals surface area contributed by atoms with Crippen LogP contribution >= 0.6 is 24.0 Å². The summed E-state index contributed by atoms with van der Waals surface area (Å²) in [7, 11) is -3.49. The van der Waals surface area contributed by atoms with Crippen LogP contribution in [0.1, 0.15) is 11.1 Å². The molecule has 0 spiro atoms. The summed E-state index contributed by atoms with van der Waals surface area (Å²) in [6.45, 7) is 1.15. The number of aliphatic imine (C=N–C) groups is 1. The number of hydrogen-bond donors (Lipinski definition) is 0. The molecular formula is C23H21N3O2S3. The molecule has 1 saturated heterocycles. The highest BCUT2D eigenvalue weighted by molar-refractivity contribution is 8.27. The van der Waals surface area contributed by atoms with E-state index in [1.807, 2.05) is 71.6 Å². The van der Waals surface area contributed by atoms with Gasteiger partial charge in [-0.25, -0.2) is 12.7 Å². The van der Waals surface area contributed by atoms with E-state index in [1.165, 1.54) is 16.1 Å². The van der Waals surface area contributed by atoms with E-state index in [0.29, 0.717) is 29.1 Å². The lowest BCUT2D eigenvalue weighted by molar-refractivity contribution is 0.410. The zero-order valence-electron chi connectivity index (χ0n) is 16.7. The molecule has 1 heterocycles. The smallest absolute Gasteiger partial charge is 0.250 e. The van der Waals surface area contributed by atoms with Gasteiger partial charge in [0.25, 0.3) is 10.0 Å². The van der Waals surface area contributed by atoms with E-state index >= 15 is 0 Å². The maximum absolute atomic E-state index is 12.7. The average Bonchev–Trinajstić information content (AvgIpc) is 3.09. The number of hydrogen-bond acceptors (Lipinski definition) is 4. The number of thiocarbonyl (C=S) groups is 1. The SMILES string of the molecule is O=S1(=O)CS/C(=N\C(=S)N(Cc2ccccc2)Cc2ccccc2)N1c1ccccc1. The topological polar surface area (TPSA) is 53.0 Å². The van der Waals surface area contributed by atoms with Crippen molar-refractivity contribution in [2.45, 2.75) is 13.1 Å². The van der Waals surface area contributed by atoms with Gasteiger partial charge < -0.3 is 4.90 Å². The Morgan fingerprint density at radius 1 is 0.871 bits per heavy atom. The van der Waals surface area contributed by atoms with Crippen molar-refractivity contribution in [3.8, 4) is 0 Å². The molecule has 0 unspecified atom stereocenters. The van der Waals surface area contributed by atoms with Gasteiger partial charge in [0.2, 0.25) is 0 Å². The van der Waals surface area contributed by atoms with Crippen molar-refractivity contribution in [1.82, 2.24) is 4.90 Å². The Labute approximate surface area is 192 Å². The van der Waals surface area contributed by atoms with E-state index in [4.69, 9.17) is 12.2 Å². The monoisotopic (exact) mass is 467 g/mol. The van der Waals surface area contributed by atoms with Gasteiger partial charge in [-0.15, -0.1) is 0 Å². The lowest BCUT2D eigenvalue weighted by atomic mass is 10.2. The molecule has 0 aliphatic carbocycles. The van der Waals surface area contributed by atoms with E-state index in [1.54, 1.807) is 24.3 Å². The molecule has 0 bridgehead atoms. The van der Waals surface area contributed by atoms with Crippen LogP contribution in [0.4, 0.5) is 5.69 Å². The minimum absolute atomic E-state index is 0.0548. The maximum atomic E-state index is 12.7. The Morgan fingerprint density at radius 3 is 1.87 bits per heavy atom. The molecule has 31 heavy (non-hydrogen) atoms. The van der Waals surface area contributed by atoms with Crippen molar-refractivity contribution >= 4 is 50.0 Å². The van der Waals surface area contributed by atoms with E-state index in [0.717, 1.165) is 11.1 Å². The Balaban J connectivity index is 1.64. The third-order valence-corrected chi connectivity index (χ3v) is 8.27. The van der Waals surface area contributed by atoms with E-state index in [2.05, 4.69) is 4.99 Å². The minimum Gasteiger partial charge on any atom is -0.339 e. The van der Waals surface area contributed by atoms with Crippen LogP contribution in [-0.2, 0) is 23.1 Å². The van der Waals surface area contributed by atoms with Crippen molar-refractivity contribution in [2.75, 3.05) is 9.39 Å². The number of sulfonamides is 1. The zero-order valence-corrected chi connectivity index (χ0v) is 19.1. The fourth-order valence-corrected chi connectivity index (χ4v) is 6.53. The van der Waals surface area contributed by atoms with Crippen LogP contribution in [0.5, 0.6) is 0 Å². The lowest BCUT2D eigenvalue weighted by Crippen LogP contribution is -2.32. The van der Waals surface area contributed by atoms with Crippen molar-refractivity contribution in [1.29, 1.82) is 0 Å². The van der Waals surface area contributed by atoms with E-state index in [-0.39, 0.29) is 5.08 Å².